The lowest BCUT2D eigenvalue weighted by Gasteiger charge is -2.35. The number of Topliss-reactive ketones (excluding diaryl/α,β-unsaturated/α-hetero) is 1. The summed E-state index contributed by atoms with van der Waals surface area (Å²) in [5.41, 5.74) is 0. The normalized spacial score (nSPS) is 37.5. The number of carboxylic acids is 1. The minimum absolute atomic E-state index is 0.0633. The van der Waals surface area contributed by atoms with Gasteiger partial charge in [0.05, 0.1) is 0 Å². The SMILES string of the molecule is O=C([O-])[C@@H]1C[C@@H]2CC=C[C@H](C1)C2=O. The maximum atomic E-state index is 11.5. The minimum atomic E-state index is -1.00. The molecule has 13 heavy (non-hydrogen) atoms. The van der Waals surface area contributed by atoms with E-state index in [0.717, 1.165) is 0 Å². The molecule has 2 aliphatic rings. The monoisotopic (exact) mass is 179 g/mol. The first-order valence-corrected chi connectivity index (χ1v) is 4.59. The lowest BCUT2D eigenvalue weighted by Crippen LogP contribution is -2.41. The van der Waals surface area contributed by atoms with Crippen LogP contribution in [0.5, 0.6) is 0 Å². The first-order valence-electron chi connectivity index (χ1n) is 4.59. The molecule has 0 aromatic carbocycles. The van der Waals surface area contributed by atoms with Gasteiger partial charge in [-0.2, -0.15) is 0 Å². The van der Waals surface area contributed by atoms with Gasteiger partial charge in [-0.3, -0.25) is 4.79 Å². The number of aliphatic carboxylic acids is 1. The Bertz CT molecular complexity index is 280. The van der Waals surface area contributed by atoms with Gasteiger partial charge in [-0.05, 0) is 19.3 Å². The van der Waals surface area contributed by atoms with Crippen molar-refractivity contribution in [3.63, 3.8) is 0 Å². The highest BCUT2D eigenvalue weighted by atomic mass is 16.4. The fourth-order valence-corrected chi connectivity index (χ4v) is 2.27. The van der Waals surface area contributed by atoms with Crippen molar-refractivity contribution in [1.29, 1.82) is 0 Å². The van der Waals surface area contributed by atoms with Crippen molar-refractivity contribution in [2.75, 3.05) is 0 Å². The van der Waals surface area contributed by atoms with E-state index in [1.54, 1.807) is 0 Å². The molecule has 70 valence electrons. The van der Waals surface area contributed by atoms with Crippen LogP contribution in [-0.2, 0) is 9.59 Å². The average Bonchev–Trinajstić information content (AvgIpc) is 2.02. The Morgan fingerprint density at radius 2 is 2.23 bits per heavy atom. The number of allylic oxidation sites excluding steroid dienone is 2. The third-order valence-corrected chi connectivity index (χ3v) is 3.00. The number of rotatable bonds is 1. The van der Waals surface area contributed by atoms with Crippen LogP contribution in [0.3, 0.4) is 0 Å². The summed E-state index contributed by atoms with van der Waals surface area (Å²) in [6.07, 6.45) is 5.45. The van der Waals surface area contributed by atoms with Gasteiger partial charge in [-0.15, -0.1) is 0 Å². The molecule has 3 heteroatoms. The Morgan fingerprint density at radius 1 is 1.46 bits per heavy atom. The van der Waals surface area contributed by atoms with Crippen LogP contribution in [0.15, 0.2) is 12.2 Å². The lowest BCUT2D eigenvalue weighted by atomic mass is 9.70. The summed E-state index contributed by atoms with van der Waals surface area (Å²) < 4.78 is 0. The number of carbonyl (C=O) groups excluding carboxylic acids is 2. The van der Waals surface area contributed by atoms with E-state index in [4.69, 9.17) is 0 Å². The molecule has 0 saturated heterocycles. The Morgan fingerprint density at radius 3 is 2.85 bits per heavy atom. The minimum Gasteiger partial charge on any atom is -0.550 e. The molecule has 1 fully saturated rings. The predicted molar refractivity (Wildman–Crippen MR) is 43.5 cm³/mol. The van der Waals surface area contributed by atoms with Crippen LogP contribution in [0.25, 0.3) is 0 Å². The molecule has 0 aromatic rings. The fraction of sp³-hybridized carbons (Fsp3) is 0.600. The first kappa shape index (κ1) is 8.48. The van der Waals surface area contributed by atoms with Gasteiger partial charge in [-0.1, -0.05) is 12.2 Å². The largest absolute Gasteiger partial charge is 0.550 e. The molecule has 3 atom stereocenters. The summed E-state index contributed by atoms with van der Waals surface area (Å²) in [6.45, 7) is 0. The third kappa shape index (κ3) is 1.39. The second-order valence-electron chi connectivity index (χ2n) is 3.86. The fourth-order valence-electron chi connectivity index (χ4n) is 2.27. The lowest BCUT2D eigenvalue weighted by molar-refractivity contribution is -0.312. The Kier molecular flexibility index (Phi) is 1.94. The number of hydrogen-bond acceptors (Lipinski definition) is 3. The van der Waals surface area contributed by atoms with Gasteiger partial charge in [0.25, 0.3) is 0 Å². The zero-order valence-electron chi connectivity index (χ0n) is 7.23. The van der Waals surface area contributed by atoms with Crippen LogP contribution in [0.2, 0.25) is 0 Å². The van der Waals surface area contributed by atoms with E-state index >= 15 is 0 Å². The number of ketones is 1. The molecule has 3 nitrogen and oxygen atoms in total. The van der Waals surface area contributed by atoms with Gasteiger partial charge in [0.1, 0.15) is 5.78 Å². The molecule has 0 N–H and O–H groups in total. The maximum Gasteiger partial charge on any atom is 0.143 e. The second-order valence-corrected chi connectivity index (χ2v) is 3.86. The molecule has 0 spiro atoms. The van der Waals surface area contributed by atoms with E-state index in [1.807, 2.05) is 12.2 Å². The van der Waals surface area contributed by atoms with Gasteiger partial charge in [0, 0.05) is 23.7 Å². The number of hydrogen-bond donors (Lipinski definition) is 0. The summed E-state index contributed by atoms with van der Waals surface area (Å²) in [6, 6.07) is 0. The van der Waals surface area contributed by atoms with Gasteiger partial charge in [0.15, 0.2) is 0 Å². The van der Waals surface area contributed by atoms with Crippen molar-refractivity contribution in [1.82, 2.24) is 0 Å². The van der Waals surface area contributed by atoms with Crippen molar-refractivity contribution >= 4 is 11.8 Å². The van der Waals surface area contributed by atoms with E-state index < -0.39 is 11.9 Å². The molecule has 0 aliphatic heterocycles. The third-order valence-electron chi connectivity index (χ3n) is 3.00. The molecule has 0 aromatic heterocycles. The van der Waals surface area contributed by atoms with Crippen molar-refractivity contribution in [3.05, 3.63) is 12.2 Å². The molecule has 2 bridgehead atoms. The topological polar surface area (TPSA) is 57.2 Å². The highest BCUT2D eigenvalue weighted by Crippen LogP contribution is 2.36. The Hall–Kier alpha value is -1.12. The van der Waals surface area contributed by atoms with Gasteiger partial charge in [-0.25, -0.2) is 0 Å². The summed E-state index contributed by atoms with van der Waals surface area (Å²) in [5.74, 6) is -1.42. The molecular formula is C10H11O3-. The van der Waals surface area contributed by atoms with Crippen LogP contribution < -0.4 is 5.11 Å². The maximum absolute atomic E-state index is 11.5. The Balaban J connectivity index is 2.18. The average molecular weight is 179 g/mol. The summed E-state index contributed by atoms with van der Waals surface area (Å²) in [4.78, 5) is 22.2. The highest BCUT2D eigenvalue weighted by Gasteiger charge is 2.36. The zero-order chi connectivity index (χ0) is 9.42. The molecule has 0 radical (unpaired) electrons. The van der Waals surface area contributed by atoms with Gasteiger partial charge >= 0.3 is 0 Å². The van der Waals surface area contributed by atoms with Crippen LogP contribution in [0, 0.1) is 17.8 Å². The van der Waals surface area contributed by atoms with Crippen molar-refractivity contribution in [2.24, 2.45) is 17.8 Å². The summed E-state index contributed by atoms with van der Waals surface area (Å²) >= 11 is 0. The number of fused-ring (bicyclic) bond motifs is 2. The second kappa shape index (κ2) is 2.98. The standard InChI is InChI=1S/C10H12O3/c11-9-6-2-1-3-7(9)5-8(4-6)10(12)13/h1-2,6-8H,3-5H2,(H,12,13)/p-1/t6-,7+,8+/m1/s1. The zero-order valence-corrected chi connectivity index (χ0v) is 7.23. The number of carbonyl (C=O) groups is 2. The molecule has 0 unspecified atom stereocenters. The molecule has 1 saturated carbocycles. The van der Waals surface area contributed by atoms with Gasteiger partial charge in [0.2, 0.25) is 0 Å². The summed E-state index contributed by atoms with van der Waals surface area (Å²) in [7, 11) is 0. The van der Waals surface area contributed by atoms with Gasteiger partial charge < -0.3 is 9.90 Å². The van der Waals surface area contributed by atoms with E-state index in [0.29, 0.717) is 19.3 Å². The van der Waals surface area contributed by atoms with E-state index in [9.17, 15) is 14.7 Å². The Labute approximate surface area is 76.4 Å². The molecule has 2 rings (SSSR count). The number of carboxylic acid groups (broad SMARTS) is 1. The molecule has 2 aliphatic carbocycles. The smallest absolute Gasteiger partial charge is 0.143 e. The van der Waals surface area contributed by atoms with Crippen molar-refractivity contribution in [3.8, 4) is 0 Å². The molecular weight excluding hydrogens is 168 g/mol. The van der Waals surface area contributed by atoms with E-state index in [2.05, 4.69) is 0 Å². The van der Waals surface area contributed by atoms with Crippen LogP contribution >= 0.6 is 0 Å². The molecule has 0 amide bonds. The quantitative estimate of drug-likeness (QED) is 0.528. The van der Waals surface area contributed by atoms with E-state index in [-0.39, 0.29) is 17.6 Å². The van der Waals surface area contributed by atoms with Crippen LogP contribution in [0.1, 0.15) is 19.3 Å². The van der Waals surface area contributed by atoms with Crippen LogP contribution in [-0.4, -0.2) is 11.8 Å². The van der Waals surface area contributed by atoms with Crippen LogP contribution in [0.4, 0.5) is 0 Å². The predicted octanol–water partition coefficient (Wildman–Crippen LogP) is -0.0923. The molecule has 0 heterocycles. The highest BCUT2D eigenvalue weighted by molar-refractivity contribution is 5.88. The van der Waals surface area contributed by atoms with Crippen molar-refractivity contribution in [2.45, 2.75) is 19.3 Å². The summed E-state index contributed by atoms with van der Waals surface area (Å²) in [5, 5.41) is 10.6. The van der Waals surface area contributed by atoms with Crippen molar-refractivity contribution < 1.29 is 14.7 Å². The van der Waals surface area contributed by atoms with E-state index in [1.165, 1.54) is 0 Å². The first-order chi connectivity index (χ1) is 6.18.